The quantitative estimate of drug-likeness (QED) is 0.394. The first kappa shape index (κ1) is 22.6. The number of pyridine rings is 1. The number of H-pyrrole nitrogens is 1. The van der Waals surface area contributed by atoms with Crippen molar-refractivity contribution in [2.24, 2.45) is 0 Å². The molecule has 0 radical (unpaired) electrons. The van der Waals surface area contributed by atoms with Crippen molar-refractivity contribution in [3.8, 4) is 17.2 Å². The molecule has 0 fully saturated rings. The number of aromatic amines is 1. The van der Waals surface area contributed by atoms with Gasteiger partial charge in [0.05, 0.1) is 40.4 Å². The Balaban J connectivity index is 1.52. The standard InChI is InChI=1S/C22H18F3N3O4S/c1-30-20-18(26-10-9-19(20)31-12-14-5-3-2-4-6-14)13-33(29)21-27-16-8-7-15(11-17(16)28-21)32-22(23,24)25/h2-11H,12-13H2,1H3,(H,27,28). The number of nitrogens with zero attached hydrogens (tertiary/aromatic N) is 2. The van der Waals surface area contributed by atoms with Crippen LogP contribution >= 0.6 is 0 Å². The molecule has 0 saturated heterocycles. The molecule has 2 aromatic carbocycles. The van der Waals surface area contributed by atoms with Gasteiger partial charge in [0.2, 0.25) is 0 Å². The fourth-order valence-corrected chi connectivity index (χ4v) is 4.12. The van der Waals surface area contributed by atoms with Crippen LogP contribution in [0.4, 0.5) is 13.2 Å². The maximum atomic E-state index is 12.9. The van der Waals surface area contributed by atoms with E-state index in [2.05, 4.69) is 19.7 Å². The molecule has 1 atom stereocenters. The van der Waals surface area contributed by atoms with Gasteiger partial charge in [0.1, 0.15) is 12.4 Å². The van der Waals surface area contributed by atoms with Gasteiger partial charge < -0.3 is 19.2 Å². The third-order valence-corrected chi connectivity index (χ3v) is 5.69. The number of methoxy groups -OCH3 is 1. The van der Waals surface area contributed by atoms with E-state index in [4.69, 9.17) is 9.47 Å². The lowest BCUT2D eigenvalue weighted by atomic mass is 10.2. The summed E-state index contributed by atoms with van der Waals surface area (Å²) in [6.07, 6.45) is -3.29. The molecule has 2 heterocycles. The summed E-state index contributed by atoms with van der Waals surface area (Å²) in [5, 5.41) is 0.0913. The Morgan fingerprint density at radius 3 is 2.61 bits per heavy atom. The summed E-state index contributed by atoms with van der Waals surface area (Å²) in [4.78, 5) is 11.2. The van der Waals surface area contributed by atoms with Gasteiger partial charge >= 0.3 is 6.36 Å². The molecule has 0 aliphatic rings. The van der Waals surface area contributed by atoms with Gasteiger partial charge in [0, 0.05) is 18.3 Å². The number of hydrogen-bond acceptors (Lipinski definition) is 6. The molecule has 1 unspecified atom stereocenters. The lowest BCUT2D eigenvalue weighted by molar-refractivity contribution is -0.274. The molecule has 0 aliphatic heterocycles. The molecule has 0 amide bonds. The van der Waals surface area contributed by atoms with E-state index in [9.17, 15) is 17.4 Å². The first-order chi connectivity index (χ1) is 15.8. The Labute approximate surface area is 189 Å². The molecule has 4 rings (SSSR count). The summed E-state index contributed by atoms with van der Waals surface area (Å²) >= 11 is 0. The normalized spacial score (nSPS) is 12.5. The highest BCUT2D eigenvalue weighted by molar-refractivity contribution is 7.84. The monoisotopic (exact) mass is 477 g/mol. The molecule has 7 nitrogen and oxygen atoms in total. The van der Waals surface area contributed by atoms with Crippen molar-refractivity contribution >= 4 is 21.8 Å². The van der Waals surface area contributed by atoms with Crippen LogP contribution in [0.2, 0.25) is 0 Å². The molecule has 0 saturated carbocycles. The maximum absolute atomic E-state index is 12.9. The predicted octanol–water partition coefficient (Wildman–Crippen LogP) is 4.75. The summed E-state index contributed by atoms with van der Waals surface area (Å²) in [5.41, 5.74) is 1.98. The van der Waals surface area contributed by atoms with Crippen LogP contribution in [-0.4, -0.2) is 32.6 Å². The fraction of sp³-hybridized carbons (Fsp3) is 0.182. The number of imidazole rings is 1. The smallest absolute Gasteiger partial charge is 0.491 e. The zero-order chi connectivity index (χ0) is 23.4. The average Bonchev–Trinajstić information content (AvgIpc) is 3.21. The number of ether oxygens (including phenoxy) is 3. The van der Waals surface area contributed by atoms with Crippen LogP contribution in [-0.2, 0) is 23.2 Å². The molecule has 172 valence electrons. The van der Waals surface area contributed by atoms with Crippen LogP contribution in [0.3, 0.4) is 0 Å². The molecule has 0 bridgehead atoms. The van der Waals surface area contributed by atoms with E-state index in [1.54, 1.807) is 6.07 Å². The van der Waals surface area contributed by atoms with E-state index >= 15 is 0 Å². The van der Waals surface area contributed by atoms with Gasteiger partial charge in [-0.2, -0.15) is 0 Å². The van der Waals surface area contributed by atoms with Crippen molar-refractivity contribution in [1.29, 1.82) is 0 Å². The van der Waals surface area contributed by atoms with Gasteiger partial charge in [-0.05, 0) is 17.7 Å². The van der Waals surface area contributed by atoms with E-state index in [1.807, 2.05) is 30.3 Å². The molecule has 0 aliphatic carbocycles. The Kier molecular flexibility index (Phi) is 6.50. The van der Waals surface area contributed by atoms with E-state index in [0.29, 0.717) is 29.3 Å². The van der Waals surface area contributed by atoms with Crippen molar-refractivity contribution in [3.05, 3.63) is 72.1 Å². The SMILES string of the molecule is COc1c(OCc2ccccc2)ccnc1CS(=O)c1nc2ccc(OC(F)(F)F)cc2[nH]1. The third kappa shape index (κ3) is 5.61. The highest BCUT2D eigenvalue weighted by Gasteiger charge is 2.31. The second-order valence-corrected chi connectivity index (χ2v) is 8.19. The minimum atomic E-state index is -4.81. The Morgan fingerprint density at radius 2 is 1.88 bits per heavy atom. The lowest BCUT2D eigenvalue weighted by Gasteiger charge is -2.13. The van der Waals surface area contributed by atoms with Gasteiger partial charge in [-0.15, -0.1) is 13.2 Å². The lowest BCUT2D eigenvalue weighted by Crippen LogP contribution is -2.16. The Hall–Kier alpha value is -3.60. The summed E-state index contributed by atoms with van der Waals surface area (Å²) in [7, 11) is -0.220. The van der Waals surface area contributed by atoms with Gasteiger partial charge in [-0.1, -0.05) is 30.3 Å². The van der Waals surface area contributed by atoms with Gasteiger partial charge in [-0.3, -0.25) is 9.19 Å². The third-order valence-electron chi connectivity index (χ3n) is 4.53. The first-order valence-electron chi connectivity index (χ1n) is 9.65. The summed E-state index contributed by atoms with van der Waals surface area (Å²) in [6, 6.07) is 14.9. The first-order valence-corrected chi connectivity index (χ1v) is 11.0. The van der Waals surface area contributed by atoms with Crippen molar-refractivity contribution < 1.29 is 31.6 Å². The molecule has 4 aromatic rings. The average molecular weight is 477 g/mol. The van der Waals surface area contributed by atoms with Gasteiger partial charge in [0.15, 0.2) is 16.7 Å². The number of halogens is 3. The number of nitrogens with one attached hydrogen (secondary N) is 1. The maximum Gasteiger partial charge on any atom is 0.573 e. The van der Waals surface area contributed by atoms with E-state index in [1.165, 1.54) is 19.4 Å². The zero-order valence-corrected chi connectivity index (χ0v) is 18.1. The van der Waals surface area contributed by atoms with Crippen LogP contribution in [0.25, 0.3) is 11.0 Å². The minimum Gasteiger partial charge on any atom is -0.491 e. The number of aromatic nitrogens is 3. The number of rotatable bonds is 8. The van der Waals surface area contributed by atoms with Crippen molar-refractivity contribution in [3.63, 3.8) is 0 Å². The van der Waals surface area contributed by atoms with Crippen LogP contribution in [0.15, 0.2) is 66.0 Å². The van der Waals surface area contributed by atoms with Crippen LogP contribution in [0.5, 0.6) is 17.2 Å². The fourth-order valence-electron chi connectivity index (χ4n) is 3.10. The molecular formula is C22H18F3N3O4S. The van der Waals surface area contributed by atoms with E-state index < -0.39 is 22.9 Å². The molecule has 0 spiro atoms. The number of fused-ring (bicyclic) bond motifs is 1. The van der Waals surface area contributed by atoms with Crippen molar-refractivity contribution in [2.75, 3.05) is 7.11 Å². The number of benzene rings is 2. The molecule has 2 aromatic heterocycles. The van der Waals surface area contributed by atoms with Crippen LogP contribution in [0.1, 0.15) is 11.3 Å². The second kappa shape index (κ2) is 9.49. The molecule has 33 heavy (non-hydrogen) atoms. The second-order valence-electron chi connectivity index (χ2n) is 6.82. The highest BCUT2D eigenvalue weighted by Crippen LogP contribution is 2.32. The zero-order valence-electron chi connectivity index (χ0n) is 17.3. The molecular weight excluding hydrogens is 459 g/mol. The van der Waals surface area contributed by atoms with E-state index in [-0.39, 0.29) is 16.4 Å². The molecule has 11 heteroatoms. The Morgan fingerprint density at radius 1 is 1.09 bits per heavy atom. The number of alkyl halides is 3. The summed E-state index contributed by atoms with van der Waals surface area (Å²) in [5.74, 6) is 0.348. The predicted molar refractivity (Wildman–Crippen MR) is 114 cm³/mol. The van der Waals surface area contributed by atoms with Crippen LogP contribution < -0.4 is 14.2 Å². The summed E-state index contributed by atoms with van der Waals surface area (Å²) < 4.78 is 65.5. The van der Waals surface area contributed by atoms with Gasteiger partial charge in [-0.25, -0.2) is 4.98 Å². The highest BCUT2D eigenvalue weighted by atomic mass is 32.2. The van der Waals surface area contributed by atoms with Gasteiger partial charge in [0.25, 0.3) is 0 Å². The number of hydrogen-bond donors (Lipinski definition) is 1. The topological polar surface area (TPSA) is 86.3 Å². The van der Waals surface area contributed by atoms with E-state index in [0.717, 1.165) is 17.7 Å². The minimum absolute atomic E-state index is 0.0442. The Bertz CT molecular complexity index is 1280. The summed E-state index contributed by atoms with van der Waals surface area (Å²) in [6.45, 7) is 0.315. The van der Waals surface area contributed by atoms with Crippen molar-refractivity contribution in [2.45, 2.75) is 23.9 Å². The van der Waals surface area contributed by atoms with Crippen LogP contribution in [0, 0.1) is 0 Å². The molecule has 1 N–H and O–H groups in total. The van der Waals surface area contributed by atoms with Crippen molar-refractivity contribution in [1.82, 2.24) is 15.0 Å². The largest absolute Gasteiger partial charge is 0.573 e.